The van der Waals surface area contributed by atoms with Gasteiger partial charge in [0.25, 0.3) is 5.91 Å². The number of hydrogen-bond donors (Lipinski definition) is 1. The van der Waals surface area contributed by atoms with Gasteiger partial charge in [0.2, 0.25) is 0 Å². The summed E-state index contributed by atoms with van der Waals surface area (Å²) in [6, 6.07) is 8.61. The second kappa shape index (κ2) is 8.26. The van der Waals surface area contributed by atoms with Crippen LogP contribution >= 0.6 is 27.5 Å². The van der Waals surface area contributed by atoms with Gasteiger partial charge >= 0.3 is 5.97 Å². The molecule has 1 heterocycles. The molecule has 1 amide bonds. The minimum atomic E-state index is -0.527. The molecule has 0 aliphatic heterocycles. The molecular weight excluding hydrogens is 396 g/mol. The number of amides is 1. The van der Waals surface area contributed by atoms with Crippen LogP contribution in [0.5, 0.6) is 0 Å². The second-order valence-corrected chi connectivity index (χ2v) is 6.48. The Balaban J connectivity index is 2.27. The van der Waals surface area contributed by atoms with Gasteiger partial charge in [0.05, 0.1) is 25.1 Å². The fraction of sp³-hybridized carbons (Fsp3) is 0.235. The van der Waals surface area contributed by atoms with E-state index in [0.717, 1.165) is 11.1 Å². The lowest BCUT2D eigenvalue weighted by Crippen LogP contribution is -2.30. The lowest BCUT2D eigenvalue weighted by atomic mass is 10.0. The van der Waals surface area contributed by atoms with Crippen molar-refractivity contribution < 1.29 is 14.3 Å². The Morgan fingerprint density at radius 1 is 1.33 bits per heavy atom. The van der Waals surface area contributed by atoms with Crippen LogP contribution < -0.4 is 5.32 Å². The summed E-state index contributed by atoms with van der Waals surface area (Å²) in [4.78, 5) is 28.1. The minimum absolute atomic E-state index is 0.0182. The van der Waals surface area contributed by atoms with E-state index in [1.165, 1.54) is 13.3 Å². The molecule has 0 saturated carbocycles. The number of nitrogens with zero attached hydrogens (tertiary/aromatic N) is 1. The van der Waals surface area contributed by atoms with Crippen LogP contribution in [0.2, 0.25) is 5.15 Å². The van der Waals surface area contributed by atoms with Crippen LogP contribution in [0.3, 0.4) is 0 Å². The maximum absolute atomic E-state index is 12.5. The third-order valence-electron chi connectivity index (χ3n) is 3.43. The number of ether oxygens (including phenoxy) is 1. The van der Waals surface area contributed by atoms with E-state index in [-0.39, 0.29) is 17.1 Å². The first kappa shape index (κ1) is 18.4. The monoisotopic (exact) mass is 410 g/mol. The third-order valence-corrected chi connectivity index (χ3v) is 4.17. The number of halogens is 2. The van der Waals surface area contributed by atoms with Gasteiger partial charge in [0.15, 0.2) is 0 Å². The van der Waals surface area contributed by atoms with Gasteiger partial charge in [-0.25, -0.2) is 4.98 Å². The molecule has 1 aromatic heterocycles. The smallest absolute Gasteiger partial charge is 0.307 e. The zero-order valence-electron chi connectivity index (χ0n) is 13.2. The van der Waals surface area contributed by atoms with Gasteiger partial charge in [-0.3, -0.25) is 9.59 Å². The van der Waals surface area contributed by atoms with Crippen molar-refractivity contribution >= 4 is 39.4 Å². The highest BCUT2D eigenvalue weighted by atomic mass is 79.9. The lowest BCUT2D eigenvalue weighted by Gasteiger charge is -2.19. The van der Waals surface area contributed by atoms with Gasteiger partial charge in [-0.2, -0.15) is 0 Å². The zero-order valence-corrected chi connectivity index (χ0v) is 15.5. The normalized spacial score (nSPS) is 11.7. The predicted molar refractivity (Wildman–Crippen MR) is 95.0 cm³/mol. The van der Waals surface area contributed by atoms with Crippen molar-refractivity contribution in [3.8, 4) is 0 Å². The average molecular weight is 412 g/mol. The van der Waals surface area contributed by atoms with Gasteiger partial charge in [0, 0.05) is 10.7 Å². The number of nitrogens with one attached hydrogen (secondary N) is 1. The molecule has 7 heteroatoms. The summed E-state index contributed by atoms with van der Waals surface area (Å²) in [5.74, 6) is -0.831. The van der Waals surface area contributed by atoms with E-state index in [0.29, 0.717) is 4.47 Å². The van der Waals surface area contributed by atoms with E-state index >= 15 is 0 Å². The van der Waals surface area contributed by atoms with Crippen molar-refractivity contribution in [1.29, 1.82) is 0 Å². The summed E-state index contributed by atoms with van der Waals surface area (Å²) in [7, 11) is 1.31. The van der Waals surface area contributed by atoms with Gasteiger partial charge in [-0.1, -0.05) is 41.4 Å². The molecule has 0 aliphatic carbocycles. The average Bonchev–Trinajstić information content (AvgIpc) is 2.56. The SMILES string of the molecule is COC(=O)C[C@@H](NC(=O)c1cc(Br)cnc1Cl)c1ccc(C)cc1. The summed E-state index contributed by atoms with van der Waals surface area (Å²) < 4.78 is 5.36. The van der Waals surface area contributed by atoms with Crippen molar-refractivity contribution in [3.05, 3.63) is 62.8 Å². The van der Waals surface area contributed by atoms with Crippen LogP contribution in [0.25, 0.3) is 0 Å². The first-order valence-electron chi connectivity index (χ1n) is 7.16. The summed E-state index contributed by atoms with van der Waals surface area (Å²) >= 11 is 9.25. The predicted octanol–water partition coefficient (Wildman–Crippen LogP) is 3.84. The van der Waals surface area contributed by atoms with E-state index in [1.54, 1.807) is 6.07 Å². The number of pyridine rings is 1. The summed E-state index contributed by atoms with van der Waals surface area (Å²) in [6.07, 6.45) is 1.52. The first-order chi connectivity index (χ1) is 11.4. The molecule has 0 aliphatic rings. The molecular formula is C17H16BrClN2O3. The van der Waals surface area contributed by atoms with Crippen LogP contribution in [-0.4, -0.2) is 24.0 Å². The molecule has 1 N–H and O–H groups in total. The number of hydrogen-bond acceptors (Lipinski definition) is 4. The molecule has 0 spiro atoms. The molecule has 2 aromatic rings. The van der Waals surface area contributed by atoms with Gasteiger partial charge in [-0.05, 0) is 34.5 Å². The number of carbonyl (C=O) groups is 2. The van der Waals surface area contributed by atoms with Crippen molar-refractivity contribution in [1.82, 2.24) is 10.3 Å². The largest absolute Gasteiger partial charge is 0.469 e. The van der Waals surface area contributed by atoms with E-state index in [2.05, 4.69) is 26.2 Å². The molecule has 1 aromatic carbocycles. The molecule has 0 saturated heterocycles. The standard InChI is InChI=1S/C17H16BrClN2O3/c1-10-3-5-11(6-4-10)14(8-15(22)24-2)21-17(23)13-7-12(18)9-20-16(13)19/h3-7,9,14H,8H2,1-2H3,(H,21,23)/t14-/m1/s1. The molecule has 0 unspecified atom stereocenters. The molecule has 0 radical (unpaired) electrons. The summed E-state index contributed by atoms with van der Waals surface area (Å²) in [6.45, 7) is 1.96. The number of methoxy groups -OCH3 is 1. The Morgan fingerprint density at radius 3 is 2.62 bits per heavy atom. The molecule has 2 rings (SSSR count). The molecule has 0 bridgehead atoms. The fourth-order valence-corrected chi connectivity index (χ4v) is 2.64. The molecule has 5 nitrogen and oxygen atoms in total. The Hall–Kier alpha value is -1.92. The molecule has 1 atom stereocenters. The van der Waals surface area contributed by atoms with Gasteiger partial charge < -0.3 is 10.1 Å². The second-order valence-electron chi connectivity index (χ2n) is 5.21. The Labute approximate surface area is 153 Å². The number of benzene rings is 1. The maximum atomic E-state index is 12.5. The van der Waals surface area contributed by atoms with Gasteiger partial charge in [0.1, 0.15) is 5.15 Å². The van der Waals surface area contributed by atoms with Crippen molar-refractivity contribution in [2.24, 2.45) is 0 Å². The number of esters is 1. The summed E-state index contributed by atoms with van der Waals surface area (Å²) in [5, 5.41) is 2.91. The number of aryl methyl sites for hydroxylation is 1. The molecule has 0 fully saturated rings. The van der Waals surface area contributed by atoms with E-state index in [1.807, 2.05) is 31.2 Å². The highest BCUT2D eigenvalue weighted by molar-refractivity contribution is 9.10. The lowest BCUT2D eigenvalue weighted by molar-refractivity contribution is -0.141. The quantitative estimate of drug-likeness (QED) is 0.599. The van der Waals surface area contributed by atoms with E-state index < -0.39 is 17.9 Å². The number of rotatable bonds is 5. The zero-order chi connectivity index (χ0) is 17.7. The fourth-order valence-electron chi connectivity index (χ4n) is 2.12. The van der Waals surface area contributed by atoms with E-state index in [9.17, 15) is 9.59 Å². The van der Waals surface area contributed by atoms with Crippen molar-refractivity contribution in [2.75, 3.05) is 7.11 Å². The first-order valence-corrected chi connectivity index (χ1v) is 8.33. The van der Waals surface area contributed by atoms with E-state index in [4.69, 9.17) is 16.3 Å². The topological polar surface area (TPSA) is 68.3 Å². The molecule has 24 heavy (non-hydrogen) atoms. The molecule has 126 valence electrons. The van der Waals surface area contributed by atoms with Crippen LogP contribution in [-0.2, 0) is 9.53 Å². The maximum Gasteiger partial charge on any atom is 0.307 e. The Bertz CT molecular complexity index is 750. The Morgan fingerprint density at radius 2 is 2.00 bits per heavy atom. The van der Waals surface area contributed by atoms with Crippen LogP contribution in [0.1, 0.15) is 33.9 Å². The van der Waals surface area contributed by atoms with Crippen LogP contribution in [0, 0.1) is 6.92 Å². The van der Waals surface area contributed by atoms with Crippen LogP contribution in [0.4, 0.5) is 0 Å². The Kier molecular flexibility index (Phi) is 6.34. The number of carbonyl (C=O) groups excluding carboxylic acids is 2. The third kappa shape index (κ3) is 4.79. The highest BCUT2D eigenvalue weighted by Crippen LogP contribution is 2.22. The highest BCUT2D eigenvalue weighted by Gasteiger charge is 2.21. The summed E-state index contributed by atoms with van der Waals surface area (Å²) in [5.41, 5.74) is 2.12. The van der Waals surface area contributed by atoms with Gasteiger partial charge in [-0.15, -0.1) is 0 Å². The van der Waals surface area contributed by atoms with Crippen molar-refractivity contribution in [2.45, 2.75) is 19.4 Å². The minimum Gasteiger partial charge on any atom is -0.469 e. The van der Waals surface area contributed by atoms with Crippen LogP contribution in [0.15, 0.2) is 41.0 Å². The number of aromatic nitrogens is 1. The van der Waals surface area contributed by atoms with Crippen molar-refractivity contribution in [3.63, 3.8) is 0 Å².